The van der Waals surface area contributed by atoms with Crippen molar-refractivity contribution in [1.82, 2.24) is 19.3 Å². The fraction of sp³-hybridized carbons (Fsp3) is 0.630. The van der Waals surface area contributed by atoms with E-state index in [4.69, 9.17) is 4.74 Å². The average Bonchev–Trinajstić information content (AvgIpc) is 3.10. The number of aliphatic hydroxyl groups excluding tert-OH is 1. The highest BCUT2D eigenvalue weighted by Crippen LogP contribution is 2.50. The van der Waals surface area contributed by atoms with Crippen LogP contribution in [-0.4, -0.2) is 90.2 Å². The summed E-state index contributed by atoms with van der Waals surface area (Å²) in [7, 11) is 7.47. The number of fused-ring (bicyclic) bond motifs is 4. The van der Waals surface area contributed by atoms with E-state index in [9.17, 15) is 14.7 Å². The van der Waals surface area contributed by atoms with Gasteiger partial charge in [0.15, 0.2) is 0 Å². The monoisotopic (exact) mass is 482 g/mol. The van der Waals surface area contributed by atoms with E-state index >= 15 is 0 Å². The van der Waals surface area contributed by atoms with Gasteiger partial charge in [0, 0.05) is 55.2 Å². The summed E-state index contributed by atoms with van der Waals surface area (Å²) in [5, 5.41) is 11.7. The number of carbonyl (C=O) groups excluding carboxylic acids is 2. The molecule has 1 aromatic heterocycles. The molecule has 0 unspecified atom stereocenters. The number of hydrogen-bond donors (Lipinski definition) is 1. The summed E-state index contributed by atoms with van der Waals surface area (Å²) in [6, 6.07) is 5.74. The van der Waals surface area contributed by atoms with Crippen molar-refractivity contribution in [2.75, 3.05) is 54.0 Å². The van der Waals surface area contributed by atoms with E-state index in [1.165, 1.54) is 5.56 Å². The van der Waals surface area contributed by atoms with Crippen LogP contribution < -0.4 is 4.74 Å². The maximum Gasteiger partial charge on any atom is 0.237 e. The minimum atomic E-state index is -0.402. The summed E-state index contributed by atoms with van der Waals surface area (Å²) < 4.78 is 7.64. The highest BCUT2D eigenvalue weighted by atomic mass is 16.5. The van der Waals surface area contributed by atoms with Crippen molar-refractivity contribution in [3.63, 3.8) is 0 Å². The third-order valence-electron chi connectivity index (χ3n) is 8.58. The molecule has 1 saturated carbocycles. The van der Waals surface area contributed by atoms with Gasteiger partial charge in [0.1, 0.15) is 5.75 Å². The van der Waals surface area contributed by atoms with E-state index in [0.717, 1.165) is 54.5 Å². The number of ether oxygens (including phenoxy) is 1. The zero-order valence-electron chi connectivity index (χ0n) is 21.4. The third kappa shape index (κ3) is 3.91. The number of aromatic nitrogens is 1. The van der Waals surface area contributed by atoms with E-state index < -0.39 is 6.04 Å². The molecule has 0 radical (unpaired) electrons. The molecular weight excluding hydrogens is 444 g/mol. The molecule has 8 nitrogen and oxygen atoms in total. The Balaban J connectivity index is 1.59. The van der Waals surface area contributed by atoms with Crippen molar-refractivity contribution < 1.29 is 19.4 Å². The summed E-state index contributed by atoms with van der Waals surface area (Å²) >= 11 is 0. The summed E-state index contributed by atoms with van der Waals surface area (Å²) in [6.07, 6.45) is 4.81. The van der Waals surface area contributed by atoms with Crippen LogP contribution in [0.1, 0.15) is 49.4 Å². The van der Waals surface area contributed by atoms with Crippen molar-refractivity contribution >= 4 is 22.7 Å². The number of aliphatic hydroxyl groups is 1. The first-order valence-corrected chi connectivity index (χ1v) is 12.8. The molecular formula is C27H38N4O4. The standard InChI is InChI=1S/C27H38N4O4/c1-28(2)15-23(33)31-17-27(10-12-30(13-11-27)26(34)18-6-5-7-18)24-20-9-8-19(35-4)14-21(20)29(3)25(24)22(31)16-32/h8-9,14,18,22,32H,5-7,10-13,15-17H2,1-4H3/t22-/m1/s1. The number of amides is 2. The largest absolute Gasteiger partial charge is 0.497 e. The van der Waals surface area contributed by atoms with Gasteiger partial charge in [-0.15, -0.1) is 0 Å². The molecule has 1 atom stereocenters. The Labute approximate surface area is 207 Å². The molecule has 190 valence electrons. The second-order valence-electron chi connectivity index (χ2n) is 10.9. The number of piperidine rings is 1. The number of hydrogen-bond acceptors (Lipinski definition) is 5. The lowest BCUT2D eigenvalue weighted by Crippen LogP contribution is -2.57. The fourth-order valence-electron chi connectivity index (χ4n) is 6.46. The lowest BCUT2D eigenvalue weighted by Gasteiger charge is -2.51. The van der Waals surface area contributed by atoms with Gasteiger partial charge in [-0.05, 0) is 57.5 Å². The first-order chi connectivity index (χ1) is 16.8. The second-order valence-corrected chi connectivity index (χ2v) is 10.9. The zero-order valence-corrected chi connectivity index (χ0v) is 21.4. The first-order valence-electron chi connectivity index (χ1n) is 12.8. The first kappa shape index (κ1) is 24.1. The molecule has 3 heterocycles. The van der Waals surface area contributed by atoms with Crippen molar-refractivity contribution in [3.8, 4) is 5.75 Å². The van der Waals surface area contributed by atoms with Gasteiger partial charge in [-0.1, -0.05) is 6.42 Å². The Morgan fingerprint density at radius 3 is 2.49 bits per heavy atom. The van der Waals surface area contributed by atoms with Gasteiger partial charge >= 0.3 is 0 Å². The van der Waals surface area contributed by atoms with Crippen LogP contribution in [0, 0.1) is 5.92 Å². The summed E-state index contributed by atoms with van der Waals surface area (Å²) in [5.41, 5.74) is 3.03. The molecule has 2 fully saturated rings. The molecule has 5 rings (SSSR count). The highest BCUT2D eigenvalue weighted by molar-refractivity contribution is 5.90. The van der Waals surface area contributed by atoms with E-state index in [0.29, 0.717) is 32.1 Å². The quantitative estimate of drug-likeness (QED) is 0.708. The zero-order chi connectivity index (χ0) is 24.9. The number of methoxy groups -OCH3 is 1. The Kier molecular flexibility index (Phi) is 6.30. The van der Waals surface area contributed by atoms with Gasteiger partial charge < -0.3 is 29.1 Å². The molecule has 1 saturated heterocycles. The van der Waals surface area contributed by atoms with Gasteiger partial charge in [-0.2, -0.15) is 0 Å². The molecule has 3 aliphatic rings. The molecule has 35 heavy (non-hydrogen) atoms. The van der Waals surface area contributed by atoms with Gasteiger partial charge in [0.25, 0.3) is 0 Å². The normalized spacial score (nSPS) is 21.9. The highest BCUT2D eigenvalue weighted by Gasteiger charge is 2.50. The average molecular weight is 483 g/mol. The van der Waals surface area contributed by atoms with Crippen LogP contribution >= 0.6 is 0 Å². The summed E-state index contributed by atoms with van der Waals surface area (Å²) in [6.45, 7) is 2.15. The fourth-order valence-corrected chi connectivity index (χ4v) is 6.46. The molecule has 2 aliphatic heterocycles. The molecule has 8 heteroatoms. The Bertz CT molecular complexity index is 1130. The molecule has 1 N–H and O–H groups in total. The molecule has 2 aromatic rings. The number of benzene rings is 1. The van der Waals surface area contributed by atoms with Crippen LogP contribution in [0.25, 0.3) is 10.9 Å². The Morgan fingerprint density at radius 2 is 1.91 bits per heavy atom. The van der Waals surface area contributed by atoms with Crippen LogP contribution in [0.5, 0.6) is 5.75 Å². The minimum absolute atomic E-state index is 0.0230. The van der Waals surface area contributed by atoms with E-state index in [1.54, 1.807) is 7.11 Å². The van der Waals surface area contributed by atoms with Crippen LogP contribution in [-0.2, 0) is 22.1 Å². The molecule has 1 aliphatic carbocycles. The van der Waals surface area contributed by atoms with E-state index in [1.807, 2.05) is 48.0 Å². The van der Waals surface area contributed by atoms with Gasteiger partial charge in [0.05, 0.1) is 31.8 Å². The molecule has 1 spiro atoms. The SMILES string of the molecule is COc1ccc2c3c(n(C)c2c1)[C@@H](CO)N(C(=O)CN(C)C)CC31CCN(C(=O)C2CCC2)CC1. The van der Waals surface area contributed by atoms with Crippen LogP contribution in [0.3, 0.4) is 0 Å². The Hall–Kier alpha value is -2.58. The van der Waals surface area contributed by atoms with Crippen LogP contribution in [0.15, 0.2) is 18.2 Å². The molecule has 2 amide bonds. The van der Waals surface area contributed by atoms with Crippen molar-refractivity contribution in [2.24, 2.45) is 13.0 Å². The predicted octanol–water partition coefficient (Wildman–Crippen LogP) is 2.28. The molecule has 1 aromatic carbocycles. The van der Waals surface area contributed by atoms with Crippen LogP contribution in [0.4, 0.5) is 0 Å². The number of nitrogens with zero attached hydrogens (tertiary/aromatic N) is 4. The number of aryl methyl sites for hydroxylation is 1. The topological polar surface area (TPSA) is 78.2 Å². The van der Waals surface area contributed by atoms with Crippen molar-refractivity contribution in [2.45, 2.75) is 43.6 Å². The lowest BCUT2D eigenvalue weighted by molar-refractivity contribution is -0.142. The summed E-state index contributed by atoms with van der Waals surface area (Å²) in [4.78, 5) is 32.2. The number of carbonyl (C=O) groups is 2. The Morgan fingerprint density at radius 1 is 1.20 bits per heavy atom. The number of rotatable bonds is 5. The van der Waals surface area contributed by atoms with Crippen molar-refractivity contribution in [1.29, 1.82) is 0 Å². The lowest BCUT2D eigenvalue weighted by atomic mass is 9.68. The van der Waals surface area contributed by atoms with E-state index in [-0.39, 0.29) is 23.8 Å². The third-order valence-corrected chi connectivity index (χ3v) is 8.58. The summed E-state index contributed by atoms with van der Waals surface area (Å²) in [5.74, 6) is 1.31. The van der Waals surface area contributed by atoms with Crippen LogP contribution in [0.2, 0.25) is 0 Å². The number of likely N-dealkylation sites (N-methyl/N-ethyl adjacent to an activating group) is 1. The van der Waals surface area contributed by atoms with Gasteiger partial charge in [-0.3, -0.25) is 9.59 Å². The van der Waals surface area contributed by atoms with Crippen molar-refractivity contribution in [3.05, 3.63) is 29.5 Å². The smallest absolute Gasteiger partial charge is 0.237 e. The predicted molar refractivity (Wildman–Crippen MR) is 134 cm³/mol. The molecule has 0 bridgehead atoms. The number of likely N-dealkylation sites (tertiary alicyclic amines) is 1. The minimum Gasteiger partial charge on any atom is -0.497 e. The van der Waals surface area contributed by atoms with Gasteiger partial charge in [0.2, 0.25) is 11.8 Å². The van der Waals surface area contributed by atoms with E-state index in [2.05, 4.69) is 10.6 Å². The maximum atomic E-state index is 13.4. The maximum absolute atomic E-state index is 13.4. The van der Waals surface area contributed by atoms with Gasteiger partial charge in [-0.25, -0.2) is 0 Å². The second kappa shape index (κ2) is 9.13.